The van der Waals surface area contributed by atoms with Gasteiger partial charge in [-0.05, 0) is 55.2 Å². The summed E-state index contributed by atoms with van der Waals surface area (Å²) in [5.41, 5.74) is 4.50. The van der Waals surface area contributed by atoms with E-state index < -0.39 is 0 Å². The molecule has 0 saturated carbocycles. The number of para-hydroxylation sites is 2. The lowest BCUT2D eigenvalue weighted by atomic mass is 10.1. The van der Waals surface area contributed by atoms with Crippen LogP contribution in [-0.4, -0.2) is 63.1 Å². The molecule has 198 valence electrons. The molecule has 0 bridgehead atoms. The topological polar surface area (TPSA) is 65.1 Å². The summed E-state index contributed by atoms with van der Waals surface area (Å²) in [7, 11) is 1.70. The highest BCUT2D eigenvalue weighted by Gasteiger charge is 2.27. The van der Waals surface area contributed by atoms with E-state index in [9.17, 15) is 9.59 Å². The van der Waals surface area contributed by atoms with Gasteiger partial charge in [-0.2, -0.15) is 0 Å². The Hall–Kier alpha value is -4.00. The fourth-order valence-corrected chi connectivity index (χ4v) is 5.36. The van der Waals surface area contributed by atoms with Gasteiger partial charge >= 0.3 is 0 Å². The second-order valence-corrected chi connectivity index (χ2v) is 9.91. The van der Waals surface area contributed by atoms with Crippen molar-refractivity contribution >= 4 is 28.9 Å². The Labute approximate surface area is 225 Å². The van der Waals surface area contributed by atoms with Gasteiger partial charge in [-0.25, -0.2) is 0 Å². The molecule has 0 radical (unpaired) electrons. The van der Waals surface area contributed by atoms with Gasteiger partial charge in [-0.15, -0.1) is 0 Å². The Morgan fingerprint density at radius 3 is 2.16 bits per heavy atom. The molecule has 5 rings (SSSR count). The van der Waals surface area contributed by atoms with Crippen LogP contribution in [0.15, 0.2) is 72.8 Å². The molecule has 3 aromatic rings. The summed E-state index contributed by atoms with van der Waals surface area (Å²) in [5.74, 6) is 0.870. The maximum atomic E-state index is 13.6. The first-order valence-corrected chi connectivity index (χ1v) is 13.5. The molecule has 2 amide bonds. The summed E-state index contributed by atoms with van der Waals surface area (Å²) in [5, 5.41) is 3.02. The minimum absolute atomic E-state index is 0.0463. The Morgan fingerprint density at radius 1 is 0.789 bits per heavy atom. The molecule has 38 heavy (non-hydrogen) atoms. The van der Waals surface area contributed by atoms with Crippen LogP contribution in [0.1, 0.15) is 35.2 Å². The molecule has 7 nitrogen and oxygen atoms in total. The van der Waals surface area contributed by atoms with E-state index >= 15 is 0 Å². The molecule has 1 N–H and O–H groups in total. The molecule has 2 saturated heterocycles. The largest absolute Gasteiger partial charge is 0.495 e. The first-order valence-electron chi connectivity index (χ1n) is 13.5. The molecule has 7 heteroatoms. The minimum atomic E-state index is -0.0494. The van der Waals surface area contributed by atoms with Crippen molar-refractivity contribution < 1.29 is 14.3 Å². The zero-order valence-corrected chi connectivity index (χ0v) is 22.1. The summed E-state index contributed by atoms with van der Waals surface area (Å²) in [6.45, 7) is 4.81. The third-order valence-electron chi connectivity index (χ3n) is 7.43. The standard InChI is InChI=1S/C31H36N4O3/c1-38-29-12-6-5-11-28(29)34-21-19-33(20-22-34)27-15-14-25(23-26(27)31(37)35-17-7-8-18-35)32-30(36)16-13-24-9-3-2-4-10-24/h2-6,9-12,14-15,23H,7-8,13,16-22H2,1H3,(H,32,36). The van der Waals surface area contributed by atoms with Crippen molar-refractivity contribution in [3.63, 3.8) is 0 Å². The average Bonchev–Trinajstić information content (AvgIpc) is 3.52. The molecule has 0 spiro atoms. The molecule has 0 aliphatic carbocycles. The predicted octanol–water partition coefficient (Wildman–Crippen LogP) is 4.83. The smallest absolute Gasteiger partial charge is 0.256 e. The number of likely N-dealkylation sites (tertiary alicyclic amines) is 1. The number of ether oxygens (including phenoxy) is 1. The van der Waals surface area contributed by atoms with Crippen molar-refractivity contribution in [1.29, 1.82) is 0 Å². The van der Waals surface area contributed by atoms with Gasteiger partial charge in [0, 0.05) is 57.1 Å². The van der Waals surface area contributed by atoms with E-state index in [0.29, 0.717) is 24.1 Å². The Kier molecular flexibility index (Phi) is 8.12. The Bertz CT molecular complexity index is 1250. The number of piperazine rings is 1. The van der Waals surface area contributed by atoms with Gasteiger partial charge in [0.15, 0.2) is 0 Å². The summed E-state index contributed by atoms with van der Waals surface area (Å²) in [6, 6.07) is 23.9. The van der Waals surface area contributed by atoms with E-state index in [1.165, 1.54) is 0 Å². The van der Waals surface area contributed by atoms with Gasteiger partial charge in [0.2, 0.25) is 5.91 Å². The minimum Gasteiger partial charge on any atom is -0.495 e. The highest BCUT2D eigenvalue weighted by Crippen LogP contribution is 2.32. The lowest BCUT2D eigenvalue weighted by Crippen LogP contribution is -2.47. The van der Waals surface area contributed by atoms with Crippen LogP contribution in [0, 0.1) is 0 Å². The second-order valence-electron chi connectivity index (χ2n) is 9.91. The molecule has 0 aromatic heterocycles. The van der Waals surface area contributed by atoms with Crippen LogP contribution in [0.3, 0.4) is 0 Å². The third-order valence-corrected chi connectivity index (χ3v) is 7.43. The van der Waals surface area contributed by atoms with Crippen molar-refractivity contribution in [2.75, 3.05) is 61.5 Å². The normalized spacial score (nSPS) is 15.4. The van der Waals surface area contributed by atoms with Crippen molar-refractivity contribution in [3.05, 3.63) is 83.9 Å². The lowest BCUT2D eigenvalue weighted by molar-refractivity contribution is -0.116. The highest BCUT2D eigenvalue weighted by atomic mass is 16.5. The molecule has 2 heterocycles. The number of carbonyl (C=O) groups is 2. The molecular weight excluding hydrogens is 476 g/mol. The fraction of sp³-hybridized carbons (Fsp3) is 0.355. The van der Waals surface area contributed by atoms with Crippen LogP contribution in [0.5, 0.6) is 5.75 Å². The molecule has 2 fully saturated rings. The van der Waals surface area contributed by atoms with Gasteiger partial charge in [-0.3, -0.25) is 9.59 Å². The number of hydrogen-bond donors (Lipinski definition) is 1. The van der Waals surface area contributed by atoms with Crippen molar-refractivity contribution in [2.24, 2.45) is 0 Å². The van der Waals surface area contributed by atoms with Gasteiger partial charge in [0.1, 0.15) is 5.75 Å². The second kappa shape index (κ2) is 12.0. The van der Waals surface area contributed by atoms with Crippen molar-refractivity contribution in [1.82, 2.24) is 4.90 Å². The number of hydrogen-bond acceptors (Lipinski definition) is 5. The van der Waals surface area contributed by atoms with Gasteiger partial charge in [0.05, 0.1) is 18.4 Å². The number of nitrogens with one attached hydrogen (secondary N) is 1. The van der Waals surface area contributed by atoms with Crippen LogP contribution in [0.25, 0.3) is 0 Å². The van der Waals surface area contributed by atoms with E-state index in [-0.39, 0.29) is 11.8 Å². The lowest BCUT2D eigenvalue weighted by Gasteiger charge is -2.38. The SMILES string of the molecule is COc1ccccc1N1CCN(c2ccc(NC(=O)CCc3ccccc3)cc2C(=O)N2CCCC2)CC1. The molecule has 0 atom stereocenters. The van der Waals surface area contributed by atoms with E-state index in [4.69, 9.17) is 4.74 Å². The number of rotatable bonds is 8. The Morgan fingerprint density at radius 2 is 1.45 bits per heavy atom. The maximum Gasteiger partial charge on any atom is 0.256 e. The number of benzene rings is 3. The van der Waals surface area contributed by atoms with E-state index in [1.54, 1.807) is 7.11 Å². The third kappa shape index (κ3) is 5.93. The monoisotopic (exact) mass is 512 g/mol. The quantitative estimate of drug-likeness (QED) is 0.469. The van der Waals surface area contributed by atoms with Gasteiger partial charge in [0.25, 0.3) is 5.91 Å². The maximum absolute atomic E-state index is 13.6. The molecule has 2 aliphatic rings. The first-order chi connectivity index (χ1) is 18.6. The van der Waals surface area contributed by atoms with Crippen molar-refractivity contribution in [3.8, 4) is 5.75 Å². The summed E-state index contributed by atoms with van der Waals surface area (Å²) in [4.78, 5) is 32.8. The van der Waals surface area contributed by atoms with Crippen LogP contribution in [0.4, 0.5) is 17.1 Å². The van der Waals surface area contributed by atoms with Crippen LogP contribution in [0.2, 0.25) is 0 Å². The van der Waals surface area contributed by atoms with E-state index in [0.717, 1.165) is 74.8 Å². The number of nitrogens with zero attached hydrogens (tertiary/aromatic N) is 3. The van der Waals surface area contributed by atoms with Gasteiger partial charge < -0.3 is 24.8 Å². The van der Waals surface area contributed by atoms with Crippen LogP contribution >= 0.6 is 0 Å². The van der Waals surface area contributed by atoms with Crippen LogP contribution in [-0.2, 0) is 11.2 Å². The summed E-state index contributed by atoms with van der Waals surface area (Å²) >= 11 is 0. The predicted molar refractivity (Wildman–Crippen MR) is 152 cm³/mol. The first kappa shape index (κ1) is 25.6. The van der Waals surface area contributed by atoms with Crippen molar-refractivity contribution in [2.45, 2.75) is 25.7 Å². The number of methoxy groups -OCH3 is 1. The van der Waals surface area contributed by atoms with E-state index in [1.807, 2.05) is 71.6 Å². The summed E-state index contributed by atoms with van der Waals surface area (Å²) in [6.07, 6.45) is 3.15. The zero-order chi connectivity index (χ0) is 26.3. The molecule has 3 aromatic carbocycles. The fourth-order valence-electron chi connectivity index (χ4n) is 5.36. The number of carbonyl (C=O) groups excluding carboxylic acids is 2. The van der Waals surface area contributed by atoms with Crippen LogP contribution < -0.4 is 19.9 Å². The molecular formula is C31H36N4O3. The highest BCUT2D eigenvalue weighted by molar-refractivity contribution is 6.02. The van der Waals surface area contributed by atoms with E-state index in [2.05, 4.69) is 21.2 Å². The number of anilines is 3. The number of amides is 2. The molecule has 0 unspecified atom stereocenters. The average molecular weight is 513 g/mol. The summed E-state index contributed by atoms with van der Waals surface area (Å²) < 4.78 is 5.56. The number of aryl methyl sites for hydroxylation is 1. The van der Waals surface area contributed by atoms with Gasteiger partial charge in [-0.1, -0.05) is 42.5 Å². The zero-order valence-electron chi connectivity index (χ0n) is 22.1. The Balaban J connectivity index is 1.31. The molecule has 2 aliphatic heterocycles.